The van der Waals surface area contributed by atoms with Gasteiger partial charge in [0.15, 0.2) is 5.69 Å². The highest BCUT2D eigenvalue weighted by Gasteiger charge is 2.37. The number of aromatic nitrogens is 2. The molecule has 1 aromatic heterocycles. The normalized spacial score (nSPS) is 18.0. The number of carboxylic acid groups (broad SMARTS) is 1. The predicted molar refractivity (Wildman–Crippen MR) is 64.3 cm³/mol. The number of rotatable bonds is 5. The minimum absolute atomic E-state index is 0.126. The Morgan fingerprint density at radius 2 is 2.16 bits per heavy atom. The summed E-state index contributed by atoms with van der Waals surface area (Å²) in [5, 5.41) is 24.5. The maximum absolute atomic E-state index is 12.1. The van der Waals surface area contributed by atoms with Gasteiger partial charge in [-0.3, -0.25) is 5.10 Å². The number of aliphatic hydroxyl groups is 1. The molecule has 106 valence electrons. The van der Waals surface area contributed by atoms with E-state index in [1.54, 1.807) is 0 Å². The number of nitrogens with zero attached hydrogens (tertiary/aromatic N) is 1. The van der Waals surface area contributed by atoms with Crippen LogP contribution in [0.15, 0.2) is 4.90 Å². The van der Waals surface area contributed by atoms with Crippen LogP contribution in [0, 0.1) is 6.92 Å². The molecule has 19 heavy (non-hydrogen) atoms. The molecule has 1 saturated carbocycles. The molecule has 0 aromatic carbocycles. The molecule has 0 bridgehead atoms. The summed E-state index contributed by atoms with van der Waals surface area (Å²) in [6.45, 7) is 1.30. The lowest BCUT2D eigenvalue weighted by Crippen LogP contribution is -2.47. The van der Waals surface area contributed by atoms with Crippen molar-refractivity contribution in [3.05, 3.63) is 11.4 Å². The van der Waals surface area contributed by atoms with Gasteiger partial charge in [-0.05, 0) is 26.2 Å². The molecule has 9 heteroatoms. The van der Waals surface area contributed by atoms with Crippen molar-refractivity contribution in [2.75, 3.05) is 6.54 Å². The van der Waals surface area contributed by atoms with E-state index in [0.29, 0.717) is 12.8 Å². The second-order valence-electron chi connectivity index (χ2n) is 4.73. The molecule has 0 atom stereocenters. The van der Waals surface area contributed by atoms with Crippen LogP contribution in [0.4, 0.5) is 0 Å². The van der Waals surface area contributed by atoms with Gasteiger partial charge in [-0.1, -0.05) is 0 Å². The molecular formula is C10H15N3O5S. The van der Waals surface area contributed by atoms with Crippen molar-refractivity contribution in [2.45, 2.75) is 36.7 Å². The smallest absolute Gasteiger partial charge is 0.357 e. The molecule has 0 amide bonds. The van der Waals surface area contributed by atoms with Gasteiger partial charge in [-0.2, -0.15) is 5.10 Å². The van der Waals surface area contributed by atoms with Crippen LogP contribution in [0.5, 0.6) is 0 Å². The highest BCUT2D eigenvalue weighted by atomic mass is 32.2. The Morgan fingerprint density at radius 1 is 1.53 bits per heavy atom. The number of hydrogen-bond donors (Lipinski definition) is 4. The number of sulfonamides is 1. The number of aryl methyl sites for hydroxylation is 1. The lowest BCUT2D eigenvalue weighted by atomic mass is 9.81. The molecular weight excluding hydrogens is 274 g/mol. The third-order valence-electron chi connectivity index (χ3n) is 3.24. The molecule has 1 aromatic rings. The number of carbonyl (C=O) groups is 1. The molecule has 0 radical (unpaired) electrons. The average Bonchev–Trinajstić information content (AvgIpc) is 2.67. The standard InChI is InChI=1S/C10H15N3O5S/c1-6-8(7(9(14)15)13-12-6)19(17,18)11-5-10(16)3-2-4-10/h11,16H,2-5H2,1H3,(H,12,13)(H,14,15). The van der Waals surface area contributed by atoms with E-state index in [-0.39, 0.29) is 17.1 Å². The molecule has 1 heterocycles. The molecule has 4 N–H and O–H groups in total. The summed E-state index contributed by atoms with van der Waals surface area (Å²) in [7, 11) is -4.02. The number of H-pyrrole nitrogens is 1. The van der Waals surface area contributed by atoms with Crippen LogP contribution in [0.25, 0.3) is 0 Å². The summed E-state index contributed by atoms with van der Waals surface area (Å²) in [5.74, 6) is -1.42. The highest BCUT2D eigenvalue weighted by Crippen LogP contribution is 2.31. The van der Waals surface area contributed by atoms with E-state index >= 15 is 0 Å². The van der Waals surface area contributed by atoms with Gasteiger partial charge in [-0.25, -0.2) is 17.9 Å². The predicted octanol–water partition coefficient (Wildman–Crippen LogP) is -0.390. The summed E-state index contributed by atoms with van der Waals surface area (Å²) in [6, 6.07) is 0. The number of nitrogens with one attached hydrogen (secondary N) is 2. The first-order valence-corrected chi connectivity index (χ1v) is 7.24. The van der Waals surface area contributed by atoms with Gasteiger partial charge in [0.05, 0.1) is 11.3 Å². The Labute approximate surface area is 109 Å². The maximum atomic E-state index is 12.1. The van der Waals surface area contributed by atoms with Crippen molar-refractivity contribution in [1.29, 1.82) is 0 Å². The SMILES string of the molecule is Cc1[nH]nc(C(=O)O)c1S(=O)(=O)NCC1(O)CCC1. The third kappa shape index (κ3) is 2.62. The summed E-state index contributed by atoms with van der Waals surface area (Å²) >= 11 is 0. The fourth-order valence-electron chi connectivity index (χ4n) is 1.96. The topological polar surface area (TPSA) is 132 Å². The molecule has 0 saturated heterocycles. The summed E-state index contributed by atoms with van der Waals surface area (Å²) in [4.78, 5) is 10.5. The second kappa shape index (κ2) is 4.58. The van der Waals surface area contributed by atoms with E-state index in [4.69, 9.17) is 5.11 Å². The Balaban J connectivity index is 2.24. The van der Waals surface area contributed by atoms with Gasteiger partial charge in [0.1, 0.15) is 4.90 Å². The number of hydrogen-bond acceptors (Lipinski definition) is 5. The van der Waals surface area contributed by atoms with Gasteiger partial charge in [0, 0.05) is 6.54 Å². The summed E-state index contributed by atoms with van der Waals surface area (Å²) < 4.78 is 26.4. The molecule has 2 rings (SSSR count). The van der Waals surface area contributed by atoms with E-state index in [9.17, 15) is 18.3 Å². The fraction of sp³-hybridized carbons (Fsp3) is 0.600. The fourth-order valence-corrected chi connectivity index (χ4v) is 3.40. The van der Waals surface area contributed by atoms with Crippen LogP contribution in [0.1, 0.15) is 35.4 Å². The Bertz CT molecular complexity index is 603. The van der Waals surface area contributed by atoms with Gasteiger partial charge >= 0.3 is 5.97 Å². The van der Waals surface area contributed by atoms with Crippen LogP contribution in [-0.2, 0) is 10.0 Å². The van der Waals surface area contributed by atoms with Crippen LogP contribution >= 0.6 is 0 Å². The number of aromatic amines is 1. The monoisotopic (exact) mass is 289 g/mol. The zero-order valence-corrected chi connectivity index (χ0v) is 11.1. The zero-order valence-electron chi connectivity index (χ0n) is 10.3. The van der Waals surface area contributed by atoms with Crippen molar-refractivity contribution >= 4 is 16.0 Å². The van der Waals surface area contributed by atoms with Crippen molar-refractivity contribution in [1.82, 2.24) is 14.9 Å². The molecule has 8 nitrogen and oxygen atoms in total. The van der Waals surface area contributed by atoms with Crippen LogP contribution < -0.4 is 4.72 Å². The minimum atomic E-state index is -4.02. The molecule has 0 aliphatic heterocycles. The van der Waals surface area contributed by atoms with Gasteiger partial charge in [-0.15, -0.1) is 0 Å². The number of aromatic carboxylic acids is 1. The number of carboxylic acids is 1. The first-order valence-electron chi connectivity index (χ1n) is 5.75. The molecule has 0 spiro atoms. The maximum Gasteiger partial charge on any atom is 0.357 e. The van der Waals surface area contributed by atoms with Crippen LogP contribution in [0.3, 0.4) is 0 Å². The quantitative estimate of drug-likeness (QED) is 0.583. The van der Waals surface area contributed by atoms with Crippen molar-refractivity contribution in [2.24, 2.45) is 0 Å². The van der Waals surface area contributed by atoms with E-state index in [0.717, 1.165) is 6.42 Å². The zero-order chi connectivity index (χ0) is 14.3. The molecule has 1 aliphatic rings. The first-order chi connectivity index (χ1) is 8.75. The third-order valence-corrected chi connectivity index (χ3v) is 4.80. The van der Waals surface area contributed by atoms with Crippen LogP contribution in [-0.4, -0.2) is 46.9 Å². The van der Waals surface area contributed by atoms with Gasteiger partial charge in [0.25, 0.3) is 0 Å². The largest absolute Gasteiger partial charge is 0.476 e. The molecule has 1 fully saturated rings. The Kier molecular flexibility index (Phi) is 3.37. The summed E-state index contributed by atoms with van der Waals surface area (Å²) in [6.07, 6.45) is 1.92. The van der Waals surface area contributed by atoms with Gasteiger partial charge in [0.2, 0.25) is 10.0 Å². The molecule has 1 aliphatic carbocycles. The van der Waals surface area contributed by atoms with E-state index in [2.05, 4.69) is 14.9 Å². The van der Waals surface area contributed by atoms with Crippen LogP contribution in [0.2, 0.25) is 0 Å². The summed E-state index contributed by atoms with van der Waals surface area (Å²) in [5.41, 5.74) is -1.43. The highest BCUT2D eigenvalue weighted by molar-refractivity contribution is 7.89. The van der Waals surface area contributed by atoms with E-state index in [1.807, 2.05) is 0 Å². The van der Waals surface area contributed by atoms with Gasteiger partial charge < -0.3 is 10.2 Å². The van der Waals surface area contributed by atoms with Crippen molar-refractivity contribution < 1.29 is 23.4 Å². The lowest BCUT2D eigenvalue weighted by molar-refractivity contribution is -0.0270. The Morgan fingerprint density at radius 3 is 2.63 bits per heavy atom. The minimum Gasteiger partial charge on any atom is -0.476 e. The molecule has 0 unspecified atom stereocenters. The van der Waals surface area contributed by atoms with E-state index < -0.39 is 27.3 Å². The lowest BCUT2D eigenvalue weighted by Gasteiger charge is -2.36. The van der Waals surface area contributed by atoms with Crippen molar-refractivity contribution in [3.63, 3.8) is 0 Å². The van der Waals surface area contributed by atoms with E-state index in [1.165, 1.54) is 6.92 Å². The van der Waals surface area contributed by atoms with Crippen molar-refractivity contribution in [3.8, 4) is 0 Å². The average molecular weight is 289 g/mol. The Hall–Kier alpha value is -1.45. The second-order valence-corrected chi connectivity index (χ2v) is 6.44. The first kappa shape index (κ1) is 14.0.